The van der Waals surface area contributed by atoms with Gasteiger partial charge in [0, 0.05) is 15.5 Å². The number of carbonyl (C=O) groups is 2. The summed E-state index contributed by atoms with van der Waals surface area (Å²) in [5.74, 6) is -0.340. The topological polar surface area (TPSA) is 64.6 Å². The van der Waals surface area contributed by atoms with E-state index in [-0.39, 0.29) is 12.5 Å². The minimum absolute atomic E-state index is 0.200. The molecule has 0 saturated heterocycles. The lowest BCUT2D eigenvalue weighted by Crippen LogP contribution is -2.21. The lowest BCUT2D eigenvalue weighted by atomic mass is 10.0. The van der Waals surface area contributed by atoms with E-state index in [9.17, 15) is 9.59 Å². The molecule has 0 fully saturated rings. The van der Waals surface area contributed by atoms with Crippen LogP contribution in [-0.4, -0.2) is 25.6 Å². The van der Waals surface area contributed by atoms with Crippen molar-refractivity contribution < 1.29 is 19.1 Å². The van der Waals surface area contributed by atoms with Crippen LogP contribution < -0.4 is 10.1 Å². The monoisotopic (exact) mass is 491 g/mol. The van der Waals surface area contributed by atoms with Gasteiger partial charge in [-0.3, -0.25) is 4.79 Å². The van der Waals surface area contributed by atoms with Crippen LogP contribution in [-0.2, 0) is 9.53 Å². The molecule has 7 heteroatoms. The van der Waals surface area contributed by atoms with E-state index in [1.807, 2.05) is 73.7 Å². The number of methoxy groups -OCH3 is 1. The molecule has 5 nitrogen and oxygen atoms in total. The Morgan fingerprint density at radius 3 is 2.26 bits per heavy atom. The molecule has 1 N–H and O–H groups in total. The summed E-state index contributed by atoms with van der Waals surface area (Å²) in [7, 11) is 1.31. The number of hydrogen-bond acceptors (Lipinski definition) is 5. The standard InChI is InChI=1S/C27H22ClNO4S/c1-17-24(20-9-6-10-21(28)15-20)25(27(31)32-2)26(34-17)29-23(30)16-33-22-13-11-19(12-14-22)18-7-4-3-5-8-18/h3-15H,16H2,1-2H3,(H,29,30). The average Bonchev–Trinajstić information content (AvgIpc) is 3.18. The van der Waals surface area contributed by atoms with Gasteiger partial charge >= 0.3 is 5.97 Å². The normalized spacial score (nSPS) is 10.6. The fraction of sp³-hybridized carbons (Fsp3) is 0.111. The largest absolute Gasteiger partial charge is 0.484 e. The second kappa shape index (κ2) is 10.5. The Labute approximate surface area is 206 Å². The Hall–Kier alpha value is -3.61. The maximum Gasteiger partial charge on any atom is 0.341 e. The second-order valence-electron chi connectivity index (χ2n) is 7.47. The zero-order valence-electron chi connectivity index (χ0n) is 18.6. The molecular weight excluding hydrogens is 470 g/mol. The van der Waals surface area contributed by atoms with E-state index in [1.165, 1.54) is 18.4 Å². The Bertz CT molecular complexity index is 1320. The van der Waals surface area contributed by atoms with Crippen LogP contribution in [0.1, 0.15) is 15.2 Å². The Balaban J connectivity index is 1.49. The number of halogens is 1. The van der Waals surface area contributed by atoms with Crippen LogP contribution in [0.15, 0.2) is 78.9 Å². The van der Waals surface area contributed by atoms with Gasteiger partial charge in [0.25, 0.3) is 5.91 Å². The summed E-state index contributed by atoms with van der Waals surface area (Å²) in [5, 5.41) is 3.76. The summed E-state index contributed by atoms with van der Waals surface area (Å²) >= 11 is 7.45. The summed E-state index contributed by atoms with van der Waals surface area (Å²) in [5.41, 5.74) is 3.92. The van der Waals surface area contributed by atoms with Crippen LogP contribution >= 0.6 is 22.9 Å². The van der Waals surface area contributed by atoms with Gasteiger partial charge in [-0.25, -0.2) is 4.79 Å². The molecule has 4 rings (SSSR count). The lowest BCUT2D eigenvalue weighted by molar-refractivity contribution is -0.118. The number of nitrogens with one attached hydrogen (secondary N) is 1. The van der Waals surface area contributed by atoms with E-state index in [4.69, 9.17) is 21.1 Å². The third kappa shape index (κ3) is 5.30. The number of thiophene rings is 1. The van der Waals surface area contributed by atoms with Crippen molar-refractivity contribution in [2.45, 2.75) is 6.92 Å². The minimum atomic E-state index is -0.535. The van der Waals surface area contributed by atoms with Gasteiger partial charge in [-0.2, -0.15) is 0 Å². The maximum absolute atomic E-state index is 12.6. The highest BCUT2D eigenvalue weighted by atomic mass is 35.5. The Kier molecular flexibility index (Phi) is 7.30. The Morgan fingerprint density at radius 2 is 1.59 bits per heavy atom. The molecule has 0 atom stereocenters. The van der Waals surface area contributed by atoms with Crippen molar-refractivity contribution >= 4 is 39.8 Å². The van der Waals surface area contributed by atoms with Gasteiger partial charge in [0.1, 0.15) is 16.3 Å². The molecular formula is C27H22ClNO4S. The summed E-state index contributed by atoms with van der Waals surface area (Å²) in [6.07, 6.45) is 0. The summed E-state index contributed by atoms with van der Waals surface area (Å²) in [6, 6.07) is 24.7. The number of amides is 1. The summed E-state index contributed by atoms with van der Waals surface area (Å²) in [4.78, 5) is 26.1. The van der Waals surface area contributed by atoms with Crippen LogP contribution in [0.4, 0.5) is 5.00 Å². The fourth-order valence-electron chi connectivity index (χ4n) is 3.61. The molecule has 0 aliphatic heterocycles. The van der Waals surface area contributed by atoms with Gasteiger partial charge in [-0.1, -0.05) is 66.2 Å². The first-order chi connectivity index (χ1) is 16.5. The first-order valence-corrected chi connectivity index (χ1v) is 11.7. The summed E-state index contributed by atoms with van der Waals surface area (Å²) in [6.45, 7) is 1.68. The molecule has 1 amide bonds. The number of hydrogen-bond donors (Lipinski definition) is 1. The predicted molar refractivity (Wildman–Crippen MR) is 137 cm³/mol. The van der Waals surface area contributed by atoms with E-state index in [0.29, 0.717) is 26.9 Å². The number of ether oxygens (including phenoxy) is 2. The molecule has 0 saturated carbocycles. The number of aryl methyl sites for hydroxylation is 1. The number of benzene rings is 3. The maximum atomic E-state index is 12.6. The van der Waals surface area contributed by atoms with Crippen molar-refractivity contribution in [2.75, 3.05) is 19.0 Å². The van der Waals surface area contributed by atoms with Crippen molar-refractivity contribution in [1.82, 2.24) is 0 Å². The van der Waals surface area contributed by atoms with E-state index in [2.05, 4.69) is 5.32 Å². The molecule has 4 aromatic rings. The smallest absolute Gasteiger partial charge is 0.341 e. The molecule has 0 radical (unpaired) electrons. The third-order valence-corrected chi connectivity index (χ3v) is 6.43. The summed E-state index contributed by atoms with van der Waals surface area (Å²) < 4.78 is 10.6. The first-order valence-electron chi connectivity index (χ1n) is 10.5. The van der Waals surface area contributed by atoms with Gasteiger partial charge in [-0.15, -0.1) is 11.3 Å². The zero-order chi connectivity index (χ0) is 24.1. The predicted octanol–water partition coefficient (Wildman–Crippen LogP) is 6.85. The molecule has 172 valence electrons. The van der Waals surface area contributed by atoms with Gasteiger partial charge in [0.2, 0.25) is 0 Å². The number of carbonyl (C=O) groups excluding carboxylic acids is 2. The average molecular weight is 492 g/mol. The molecule has 0 aliphatic rings. The molecule has 1 heterocycles. The molecule has 3 aromatic carbocycles. The van der Waals surface area contributed by atoms with Crippen molar-refractivity contribution in [2.24, 2.45) is 0 Å². The van der Waals surface area contributed by atoms with Crippen LogP contribution in [0.25, 0.3) is 22.3 Å². The SMILES string of the molecule is COC(=O)c1c(NC(=O)COc2ccc(-c3ccccc3)cc2)sc(C)c1-c1cccc(Cl)c1. The van der Waals surface area contributed by atoms with Crippen molar-refractivity contribution in [3.05, 3.63) is 94.3 Å². The number of esters is 1. The lowest BCUT2D eigenvalue weighted by Gasteiger charge is -2.10. The van der Waals surface area contributed by atoms with E-state index in [0.717, 1.165) is 21.6 Å². The highest BCUT2D eigenvalue weighted by Crippen LogP contribution is 2.41. The van der Waals surface area contributed by atoms with Crippen molar-refractivity contribution in [3.63, 3.8) is 0 Å². The van der Waals surface area contributed by atoms with Crippen LogP contribution in [0, 0.1) is 6.92 Å². The van der Waals surface area contributed by atoms with Crippen LogP contribution in [0.2, 0.25) is 5.02 Å². The molecule has 0 bridgehead atoms. The first kappa shape index (κ1) is 23.5. The van der Waals surface area contributed by atoms with Gasteiger partial charge in [0.15, 0.2) is 6.61 Å². The molecule has 1 aromatic heterocycles. The highest BCUT2D eigenvalue weighted by Gasteiger charge is 2.25. The third-order valence-electron chi connectivity index (χ3n) is 5.17. The minimum Gasteiger partial charge on any atom is -0.484 e. The zero-order valence-corrected chi connectivity index (χ0v) is 20.2. The van der Waals surface area contributed by atoms with Crippen LogP contribution in [0.3, 0.4) is 0 Å². The molecule has 0 aliphatic carbocycles. The molecule has 0 unspecified atom stereocenters. The fourth-order valence-corrected chi connectivity index (χ4v) is 4.88. The van der Waals surface area contributed by atoms with Gasteiger partial charge < -0.3 is 14.8 Å². The van der Waals surface area contributed by atoms with Gasteiger partial charge in [-0.05, 0) is 47.9 Å². The van der Waals surface area contributed by atoms with E-state index in [1.54, 1.807) is 12.1 Å². The van der Waals surface area contributed by atoms with E-state index >= 15 is 0 Å². The number of rotatable bonds is 7. The van der Waals surface area contributed by atoms with Gasteiger partial charge in [0.05, 0.1) is 7.11 Å². The molecule has 0 spiro atoms. The quantitative estimate of drug-likeness (QED) is 0.287. The second-order valence-corrected chi connectivity index (χ2v) is 9.13. The molecule has 34 heavy (non-hydrogen) atoms. The Morgan fingerprint density at radius 1 is 0.912 bits per heavy atom. The van der Waals surface area contributed by atoms with Crippen molar-refractivity contribution in [3.8, 4) is 28.0 Å². The highest BCUT2D eigenvalue weighted by molar-refractivity contribution is 7.17. The van der Waals surface area contributed by atoms with Crippen LogP contribution in [0.5, 0.6) is 5.75 Å². The van der Waals surface area contributed by atoms with E-state index < -0.39 is 5.97 Å². The number of anilines is 1. The van der Waals surface area contributed by atoms with Crippen molar-refractivity contribution in [1.29, 1.82) is 0 Å².